The van der Waals surface area contributed by atoms with Crippen molar-refractivity contribution in [3.63, 3.8) is 0 Å². The van der Waals surface area contributed by atoms with Crippen LogP contribution in [-0.4, -0.2) is 5.16 Å². The van der Waals surface area contributed by atoms with E-state index in [2.05, 4.69) is 5.16 Å². The summed E-state index contributed by atoms with van der Waals surface area (Å²) in [6.07, 6.45) is 0. The predicted octanol–water partition coefficient (Wildman–Crippen LogP) is 0.470. The zero-order chi connectivity index (χ0) is 8.65. The van der Waals surface area contributed by atoms with E-state index in [4.69, 9.17) is 10.3 Å². The van der Waals surface area contributed by atoms with Gasteiger partial charge in [0.05, 0.1) is 11.1 Å². The van der Waals surface area contributed by atoms with E-state index in [0.717, 1.165) is 0 Å². The van der Waals surface area contributed by atoms with Crippen molar-refractivity contribution in [2.45, 2.75) is 26.3 Å². The molecular weight excluding hydrogens is 144 g/mol. The first-order chi connectivity index (χ1) is 4.93. The summed E-state index contributed by atoms with van der Waals surface area (Å²) < 4.78 is 4.90. The molecule has 0 saturated heterocycles. The highest BCUT2D eigenvalue weighted by molar-refractivity contribution is 5.17. The van der Waals surface area contributed by atoms with E-state index in [-0.39, 0.29) is 5.56 Å². The first-order valence-electron chi connectivity index (χ1n) is 3.40. The SMILES string of the molecule is Cc1c(C(C)(C)N)o[nH]c1=O. The van der Waals surface area contributed by atoms with Crippen LogP contribution in [0.25, 0.3) is 0 Å². The number of aromatic amines is 1. The minimum atomic E-state index is -0.594. The van der Waals surface area contributed by atoms with Gasteiger partial charge in [0.2, 0.25) is 0 Å². The van der Waals surface area contributed by atoms with Crippen molar-refractivity contribution in [1.29, 1.82) is 0 Å². The summed E-state index contributed by atoms with van der Waals surface area (Å²) in [7, 11) is 0. The molecule has 3 N–H and O–H groups in total. The van der Waals surface area contributed by atoms with Crippen LogP contribution in [0.1, 0.15) is 25.2 Å². The van der Waals surface area contributed by atoms with Crippen molar-refractivity contribution in [3.05, 3.63) is 21.7 Å². The van der Waals surface area contributed by atoms with E-state index in [1.807, 2.05) is 0 Å². The summed E-state index contributed by atoms with van der Waals surface area (Å²) in [6.45, 7) is 5.25. The Labute approximate surface area is 64.4 Å². The first kappa shape index (κ1) is 8.07. The summed E-state index contributed by atoms with van der Waals surface area (Å²) in [4.78, 5) is 10.9. The number of H-pyrrole nitrogens is 1. The van der Waals surface area contributed by atoms with Crippen molar-refractivity contribution in [2.75, 3.05) is 0 Å². The number of hydrogen-bond acceptors (Lipinski definition) is 3. The highest BCUT2D eigenvalue weighted by Crippen LogP contribution is 2.17. The lowest BCUT2D eigenvalue weighted by Gasteiger charge is -2.14. The second-order valence-electron chi connectivity index (χ2n) is 3.21. The molecule has 0 aliphatic carbocycles. The third-order valence-corrected chi connectivity index (χ3v) is 1.51. The van der Waals surface area contributed by atoms with E-state index < -0.39 is 5.54 Å². The molecule has 0 spiro atoms. The molecule has 0 aliphatic heterocycles. The molecule has 0 aromatic carbocycles. The van der Waals surface area contributed by atoms with Crippen LogP contribution < -0.4 is 11.3 Å². The second-order valence-corrected chi connectivity index (χ2v) is 3.21. The molecule has 1 aromatic heterocycles. The Hall–Kier alpha value is -1.03. The molecule has 0 radical (unpaired) electrons. The fourth-order valence-electron chi connectivity index (χ4n) is 0.968. The number of aromatic nitrogens is 1. The van der Waals surface area contributed by atoms with Crippen LogP contribution in [0.15, 0.2) is 9.32 Å². The van der Waals surface area contributed by atoms with Gasteiger partial charge in [0, 0.05) is 0 Å². The molecule has 0 fully saturated rings. The Kier molecular flexibility index (Phi) is 1.64. The van der Waals surface area contributed by atoms with Gasteiger partial charge in [0.15, 0.2) is 5.76 Å². The summed E-state index contributed by atoms with van der Waals surface area (Å²) in [5.41, 5.74) is 5.47. The number of hydrogen-bond donors (Lipinski definition) is 2. The number of rotatable bonds is 1. The molecular formula is C7H12N2O2. The summed E-state index contributed by atoms with van der Waals surface area (Å²) >= 11 is 0. The first-order valence-corrected chi connectivity index (χ1v) is 3.40. The second kappa shape index (κ2) is 2.23. The maximum Gasteiger partial charge on any atom is 0.283 e. The van der Waals surface area contributed by atoms with Crippen LogP contribution in [0.2, 0.25) is 0 Å². The van der Waals surface area contributed by atoms with Gasteiger partial charge >= 0.3 is 0 Å². The number of nitrogens with two attached hydrogens (primary N) is 1. The molecule has 0 atom stereocenters. The fourth-order valence-corrected chi connectivity index (χ4v) is 0.968. The van der Waals surface area contributed by atoms with E-state index in [9.17, 15) is 4.79 Å². The maximum atomic E-state index is 10.9. The molecule has 4 nitrogen and oxygen atoms in total. The average molecular weight is 156 g/mol. The van der Waals surface area contributed by atoms with Crippen LogP contribution in [0, 0.1) is 6.92 Å². The molecule has 0 saturated carbocycles. The van der Waals surface area contributed by atoms with Gasteiger partial charge in [-0.3, -0.25) is 4.79 Å². The van der Waals surface area contributed by atoms with Crippen molar-refractivity contribution in [1.82, 2.24) is 5.16 Å². The lowest BCUT2D eigenvalue weighted by molar-refractivity contribution is 0.317. The Morgan fingerprint density at radius 2 is 2.09 bits per heavy atom. The Morgan fingerprint density at radius 1 is 1.55 bits per heavy atom. The molecule has 0 aliphatic rings. The molecule has 4 heteroatoms. The van der Waals surface area contributed by atoms with Crippen LogP contribution >= 0.6 is 0 Å². The smallest absolute Gasteiger partial charge is 0.283 e. The van der Waals surface area contributed by atoms with Crippen molar-refractivity contribution < 1.29 is 4.52 Å². The van der Waals surface area contributed by atoms with Gasteiger partial charge in [-0.25, -0.2) is 0 Å². The van der Waals surface area contributed by atoms with Gasteiger partial charge in [0.25, 0.3) is 5.56 Å². The summed E-state index contributed by atoms with van der Waals surface area (Å²) in [6, 6.07) is 0. The molecule has 62 valence electrons. The highest BCUT2D eigenvalue weighted by atomic mass is 16.5. The van der Waals surface area contributed by atoms with Gasteiger partial charge in [-0.2, -0.15) is 5.16 Å². The summed E-state index contributed by atoms with van der Waals surface area (Å²) in [5.74, 6) is 0.516. The van der Waals surface area contributed by atoms with Crippen molar-refractivity contribution >= 4 is 0 Å². The minimum Gasteiger partial charge on any atom is -0.381 e. The van der Waals surface area contributed by atoms with Crippen LogP contribution in [0.3, 0.4) is 0 Å². The van der Waals surface area contributed by atoms with Crippen LogP contribution in [0.4, 0.5) is 0 Å². The fraction of sp³-hybridized carbons (Fsp3) is 0.571. The Morgan fingerprint density at radius 3 is 2.27 bits per heavy atom. The molecule has 1 aromatic rings. The standard InChI is InChI=1S/C7H12N2O2/c1-4-5(7(2,3)8)11-9-6(4)10/h8H2,1-3H3,(H,9,10). The van der Waals surface area contributed by atoms with Crippen molar-refractivity contribution in [2.24, 2.45) is 5.73 Å². The largest absolute Gasteiger partial charge is 0.381 e. The zero-order valence-corrected chi connectivity index (χ0v) is 6.89. The molecule has 11 heavy (non-hydrogen) atoms. The van der Waals surface area contributed by atoms with Gasteiger partial charge < -0.3 is 10.3 Å². The highest BCUT2D eigenvalue weighted by Gasteiger charge is 2.22. The molecule has 0 amide bonds. The number of nitrogens with one attached hydrogen (secondary N) is 1. The van der Waals surface area contributed by atoms with Crippen molar-refractivity contribution in [3.8, 4) is 0 Å². The normalized spacial score (nSPS) is 12.0. The monoisotopic (exact) mass is 156 g/mol. The third-order valence-electron chi connectivity index (χ3n) is 1.51. The molecule has 1 rings (SSSR count). The third kappa shape index (κ3) is 1.35. The van der Waals surface area contributed by atoms with Crippen LogP contribution in [-0.2, 0) is 5.54 Å². The predicted molar refractivity (Wildman–Crippen MR) is 41.3 cm³/mol. The summed E-state index contributed by atoms with van der Waals surface area (Å²) in [5, 5.41) is 2.23. The quantitative estimate of drug-likeness (QED) is 0.620. The van der Waals surface area contributed by atoms with Gasteiger partial charge in [-0.05, 0) is 20.8 Å². The molecule has 0 unspecified atom stereocenters. The molecule has 1 heterocycles. The van der Waals surface area contributed by atoms with E-state index in [1.165, 1.54) is 0 Å². The zero-order valence-electron chi connectivity index (χ0n) is 6.89. The van der Waals surface area contributed by atoms with Crippen LogP contribution in [0.5, 0.6) is 0 Å². The van der Waals surface area contributed by atoms with Gasteiger partial charge in [0.1, 0.15) is 0 Å². The van der Waals surface area contributed by atoms with Gasteiger partial charge in [-0.15, -0.1) is 0 Å². The lowest BCUT2D eigenvalue weighted by atomic mass is 10.0. The Bertz CT molecular complexity index is 303. The average Bonchev–Trinajstić information content (AvgIpc) is 2.11. The van der Waals surface area contributed by atoms with E-state index in [1.54, 1.807) is 20.8 Å². The molecule has 0 bridgehead atoms. The maximum absolute atomic E-state index is 10.9. The topological polar surface area (TPSA) is 72.0 Å². The van der Waals surface area contributed by atoms with E-state index >= 15 is 0 Å². The van der Waals surface area contributed by atoms with Gasteiger partial charge in [-0.1, -0.05) is 0 Å². The minimum absolute atomic E-state index is 0.210. The lowest BCUT2D eigenvalue weighted by Crippen LogP contribution is -2.29. The Balaban J connectivity index is 3.26. The van der Waals surface area contributed by atoms with E-state index in [0.29, 0.717) is 11.3 Å².